The summed E-state index contributed by atoms with van der Waals surface area (Å²) in [7, 11) is 0. The molecule has 0 atom stereocenters. The zero-order chi connectivity index (χ0) is 22.2. The van der Waals surface area contributed by atoms with E-state index < -0.39 is 0 Å². The van der Waals surface area contributed by atoms with Gasteiger partial charge >= 0.3 is 0 Å². The number of piperidine rings is 1. The van der Waals surface area contributed by atoms with E-state index in [0.717, 1.165) is 31.5 Å². The predicted octanol–water partition coefficient (Wildman–Crippen LogP) is 3.99. The first kappa shape index (κ1) is 21.0. The van der Waals surface area contributed by atoms with Crippen molar-refractivity contribution in [3.63, 3.8) is 0 Å². The summed E-state index contributed by atoms with van der Waals surface area (Å²) in [5.74, 6) is 1.06. The smallest absolute Gasteiger partial charge is 0.267 e. The van der Waals surface area contributed by atoms with Gasteiger partial charge in [0.05, 0.1) is 23.3 Å². The van der Waals surface area contributed by atoms with Crippen LogP contribution in [0.5, 0.6) is 0 Å². The van der Waals surface area contributed by atoms with Crippen molar-refractivity contribution in [3.8, 4) is 0 Å². The minimum absolute atomic E-state index is 0.185. The molecule has 2 fully saturated rings. The average molecular weight is 467 g/mol. The number of pyridine rings is 1. The van der Waals surface area contributed by atoms with Crippen LogP contribution in [0.4, 0.5) is 5.82 Å². The highest BCUT2D eigenvalue weighted by atomic mass is 32.2. The third kappa shape index (κ3) is 3.86. The average Bonchev–Trinajstić information content (AvgIpc) is 3.40. The van der Waals surface area contributed by atoms with Crippen LogP contribution in [0.3, 0.4) is 0 Å². The Hall–Kier alpha value is -2.91. The zero-order valence-corrected chi connectivity index (χ0v) is 19.2. The van der Waals surface area contributed by atoms with Gasteiger partial charge < -0.3 is 9.32 Å². The lowest BCUT2D eigenvalue weighted by Crippen LogP contribution is -2.33. The van der Waals surface area contributed by atoms with Gasteiger partial charge in [0.25, 0.3) is 11.5 Å². The SMILES string of the molecule is Cc1ccc2nc(N3CCCCC3)c(/C=C3\SC(=S)N(Cc4ccco4)C3=O)c(=O)n2c1. The Labute approximate surface area is 194 Å². The van der Waals surface area contributed by atoms with E-state index in [9.17, 15) is 9.59 Å². The molecule has 2 aliphatic rings. The number of thiocarbonyl (C=S) groups is 1. The second-order valence-corrected chi connectivity index (χ2v) is 9.66. The van der Waals surface area contributed by atoms with Gasteiger partial charge in [-0.05, 0) is 56.0 Å². The predicted molar refractivity (Wildman–Crippen MR) is 130 cm³/mol. The minimum atomic E-state index is -0.227. The molecule has 5 rings (SSSR count). The topological polar surface area (TPSA) is 71.1 Å². The summed E-state index contributed by atoms with van der Waals surface area (Å²) in [5, 5.41) is 0. The summed E-state index contributed by atoms with van der Waals surface area (Å²) >= 11 is 6.65. The minimum Gasteiger partial charge on any atom is -0.467 e. The maximum Gasteiger partial charge on any atom is 0.267 e. The first-order valence-corrected chi connectivity index (χ1v) is 11.8. The van der Waals surface area contributed by atoms with Crippen LogP contribution in [0.1, 0.15) is 36.1 Å². The Morgan fingerprint density at radius 1 is 1.19 bits per heavy atom. The van der Waals surface area contributed by atoms with Gasteiger partial charge in [-0.25, -0.2) is 4.98 Å². The highest BCUT2D eigenvalue weighted by Gasteiger charge is 2.33. The number of carbonyl (C=O) groups is 1. The summed E-state index contributed by atoms with van der Waals surface area (Å²) in [6, 6.07) is 7.38. The summed E-state index contributed by atoms with van der Waals surface area (Å²) < 4.78 is 7.37. The van der Waals surface area contributed by atoms with E-state index in [2.05, 4.69) is 4.90 Å². The van der Waals surface area contributed by atoms with E-state index in [1.165, 1.54) is 23.1 Å². The zero-order valence-electron chi connectivity index (χ0n) is 17.6. The van der Waals surface area contributed by atoms with Crippen LogP contribution in [0.25, 0.3) is 11.7 Å². The molecule has 0 radical (unpaired) electrons. The quantitative estimate of drug-likeness (QED) is 0.425. The molecule has 3 aromatic rings. The molecule has 0 bridgehead atoms. The van der Waals surface area contributed by atoms with Gasteiger partial charge in [0.15, 0.2) is 0 Å². The largest absolute Gasteiger partial charge is 0.467 e. The third-order valence-corrected chi connectivity index (χ3v) is 7.06. The molecule has 0 aliphatic carbocycles. The number of anilines is 1. The van der Waals surface area contributed by atoms with E-state index in [1.807, 2.05) is 19.1 Å². The first-order chi connectivity index (χ1) is 15.5. The molecule has 0 saturated carbocycles. The molecule has 2 aliphatic heterocycles. The van der Waals surface area contributed by atoms with Gasteiger partial charge in [0.2, 0.25) is 0 Å². The fourth-order valence-corrected chi connectivity index (χ4v) is 5.28. The van der Waals surface area contributed by atoms with Gasteiger partial charge in [-0.15, -0.1) is 0 Å². The molecule has 5 heterocycles. The first-order valence-electron chi connectivity index (χ1n) is 10.6. The van der Waals surface area contributed by atoms with Gasteiger partial charge in [0, 0.05) is 19.3 Å². The monoisotopic (exact) mass is 466 g/mol. The molecule has 32 heavy (non-hydrogen) atoms. The molecule has 7 nitrogen and oxygen atoms in total. The Bertz CT molecular complexity index is 1290. The maximum atomic E-state index is 13.5. The Balaban J connectivity index is 1.60. The van der Waals surface area contributed by atoms with E-state index in [0.29, 0.717) is 32.0 Å². The molecular formula is C23H22N4O3S2. The third-order valence-electron chi connectivity index (χ3n) is 5.68. The number of aromatic nitrogens is 2. The van der Waals surface area contributed by atoms with Gasteiger partial charge in [-0.1, -0.05) is 30.0 Å². The highest BCUT2D eigenvalue weighted by molar-refractivity contribution is 8.26. The van der Waals surface area contributed by atoms with E-state index >= 15 is 0 Å². The van der Waals surface area contributed by atoms with Crippen molar-refractivity contribution < 1.29 is 9.21 Å². The van der Waals surface area contributed by atoms with Gasteiger partial charge in [0.1, 0.15) is 21.5 Å². The van der Waals surface area contributed by atoms with Crippen molar-refractivity contribution in [1.82, 2.24) is 14.3 Å². The molecule has 0 N–H and O–H groups in total. The number of thioether (sulfide) groups is 1. The molecule has 2 saturated heterocycles. The number of furan rings is 1. The van der Waals surface area contributed by atoms with E-state index in [1.54, 1.807) is 35.1 Å². The Morgan fingerprint density at radius 3 is 2.75 bits per heavy atom. The van der Waals surface area contributed by atoms with Crippen molar-refractivity contribution in [2.24, 2.45) is 0 Å². The number of hydrogen-bond donors (Lipinski definition) is 0. The summed E-state index contributed by atoms with van der Waals surface area (Å²) in [4.78, 5) is 35.6. The standard InChI is InChI=1S/C23H22N4O3S2/c1-15-7-8-19-24-20(25-9-3-2-4-10-25)17(21(28)26(19)13-15)12-18-22(29)27(23(31)32-18)14-16-6-5-11-30-16/h5-8,11-13H,2-4,9-10,14H2,1H3/b18-12-. The Kier molecular flexibility index (Phi) is 5.60. The van der Waals surface area contributed by atoms with E-state index in [4.69, 9.17) is 21.6 Å². The van der Waals surface area contributed by atoms with Gasteiger partial charge in [-0.2, -0.15) is 0 Å². The number of rotatable bonds is 4. The van der Waals surface area contributed by atoms with Crippen LogP contribution in [-0.4, -0.2) is 37.6 Å². The Morgan fingerprint density at radius 2 is 2.00 bits per heavy atom. The second-order valence-electron chi connectivity index (χ2n) is 7.98. The molecule has 0 unspecified atom stereocenters. The lowest BCUT2D eigenvalue weighted by Gasteiger charge is -2.29. The molecular weight excluding hydrogens is 444 g/mol. The van der Waals surface area contributed by atoms with Crippen LogP contribution in [0.15, 0.2) is 50.8 Å². The number of aryl methyl sites for hydroxylation is 1. The van der Waals surface area contributed by atoms with Crippen molar-refractivity contribution in [1.29, 1.82) is 0 Å². The van der Waals surface area contributed by atoms with Crippen molar-refractivity contribution in [2.45, 2.75) is 32.7 Å². The summed E-state index contributed by atoms with van der Waals surface area (Å²) in [6.07, 6.45) is 8.29. The second kappa shape index (κ2) is 8.55. The number of carbonyl (C=O) groups excluding carboxylic acids is 1. The number of hydrogen-bond acceptors (Lipinski definition) is 7. The molecule has 164 valence electrons. The van der Waals surface area contributed by atoms with Crippen molar-refractivity contribution in [3.05, 3.63) is 68.9 Å². The maximum absolute atomic E-state index is 13.5. The van der Waals surface area contributed by atoms with Crippen LogP contribution in [0.2, 0.25) is 0 Å². The van der Waals surface area contributed by atoms with Crippen LogP contribution < -0.4 is 10.5 Å². The molecule has 0 spiro atoms. The lowest BCUT2D eigenvalue weighted by atomic mass is 10.1. The van der Waals surface area contributed by atoms with Crippen LogP contribution in [0, 0.1) is 6.92 Å². The molecule has 0 aromatic carbocycles. The van der Waals surface area contributed by atoms with Crippen molar-refractivity contribution in [2.75, 3.05) is 18.0 Å². The van der Waals surface area contributed by atoms with E-state index in [-0.39, 0.29) is 18.0 Å². The lowest BCUT2D eigenvalue weighted by molar-refractivity contribution is -0.122. The molecule has 3 aromatic heterocycles. The van der Waals surface area contributed by atoms with Crippen molar-refractivity contribution >= 4 is 51.7 Å². The fraction of sp³-hybridized carbons (Fsp3) is 0.304. The van der Waals surface area contributed by atoms with Crippen LogP contribution in [-0.2, 0) is 11.3 Å². The number of nitrogens with zero attached hydrogens (tertiary/aromatic N) is 4. The van der Waals surface area contributed by atoms with Crippen LogP contribution >= 0.6 is 24.0 Å². The van der Waals surface area contributed by atoms with Gasteiger partial charge in [-0.3, -0.25) is 18.9 Å². The molecule has 1 amide bonds. The highest BCUT2D eigenvalue weighted by Crippen LogP contribution is 2.34. The number of amides is 1. The number of fused-ring (bicyclic) bond motifs is 1. The normalized spacial score (nSPS) is 18.3. The molecule has 9 heteroatoms. The fourth-order valence-electron chi connectivity index (χ4n) is 4.05. The summed E-state index contributed by atoms with van der Waals surface area (Å²) in [5.41, 5.74) is 1.80. The summed E-state index contributed by atoms with van der Waals surface area (Å²) in [6.45, 7) is 3.88.